The first kappa shape index (κ1) is 15.8. The van der Waals surface area contributed by atoms with Crippen LogP contribution in [0, 0.1) is 0 Å². The van der Waals surface area contributed by atoms with E-state index in [1.807, 2.05) is 4.90 Å². The van der Waals surface area contributed by atoms with Crippen molar-refractivity contribution in [3.05, 3.63) is 41.7 Å². The normalized spacial score (nSPS) is 22.5. The zero-order valence-corrected chi connectivity index (χ0v) is 13.2. The van der Waals surface area contributed by atoms with E-state index in [9.17, 15) is 18.0 Å². The first-order valence-corrected chi connectivity index (χ1v) is 7.89. The van der Waals surface area contributed by atoms with Gasteiger partial charge in [-0.25, -0.2) is 9.79 Å². The van der Waals surface area contributed by atoms with Gasteiger partial charge in [-0.2, -0.15) is 13.2 Å². The van der Waals surface area contributed by atoms with Crippen LogP contribution in [0.2, 0.25) is 0 Å². The monoisotopic (exact) mass is 351 g/mol. The largest absolute Gasteiger partial charge is 0.418 e. The summed E-state index contributed by atoms with van der Waals surface area (Å²) in [5.74, 6) is 0.446. The average molecular weight is 351 g/mol. The van der Waals surface area contributed by atoms with Crippen molar-refractivity contribution >= 4 is 17.6 Å². The predicted octanol–water partition coefficient (Wildman–Crippen LogP) is 2.19. The van der Waals surface area contributed by atoms with Crippen LogP contribution in [0.4, 0.5) is 23.7 Å². The number of primary amides is 1. The highest BCUT2D eigenvalue weighted by Gasteiger charge is 2.43. The van der Waals surface area contributed by atoms with Gasteiger partial charge in [-0.1, -0.05) is 12.1 Å². The van der Waals surface area contributed by atoms with Gasteiger partial charge in [0.15, 0.2) is 5.84 Å². The average Bonchev–Trinajstić information content (AvgIpc) is 2.98. The Morgan fingerprint density at radius 2 is 2.04 bits per heavy atom. The quantitative estimate of drug-likeness (QED) is 0.844. The third-order valence-corrected chi connectivity index (χ3v) is 4.73. The molecule has 3 aliphatic rings. The molecule has 0 aliphatic carbocycles. The summed E-state index contributed by atoms with van der Waals surface area (Å²) in [5.41, 5.74) is 5.44. The SMILES string of the molecule is NC(=O)N1C2=NCN(c3ccccc3C(F)(F)F)C=C2N2CCC1C2. The van der Waals surface area contributed by atoms with Crippen molar-refractivity contribution in [2.45, 2.75) is 18.6 Å². The number of hydrogen-bond acceptors (Lipinski definition) is 4. The van der Waals surface area contributed by atoms with Gasteiger partial charge in [0.05, 0.1) is 23.0 Å². The predicted molar refractivity (Wildman–Crippen MR) is 85.7 cm³/mol. The number of para-hydroxylation sites is 1. The number of anilines is 1. The molecule has 2 bridgehead atoms. The molecule has 1 aromatic rings. The van der Waals surface area contributed by atoms with Gasteiger partial charge in [-0.15, -0.1) is 0 Å². The van der Waals surface area contributed by atoms with Crippen LogP contribution in [0.1, 0.15) is 12.0 Å². The van der Waals surface area contributed by atoms with Gasteiger partial charge < -0.3 is 15.5 Å². The maximum absolute atomic E-state index is 13.3. The van der Waals surface area contributed by atoms with Crippen molar-refractivity contribution in [2.75, 3.05) is 24.7 Å². The molecule has 0 spiro atoms. The summed E-state index contributed by atoms with van der Waals surface area (Å²) in [6, 6.07) is 4.78. The third-order valence-electron chi connectivity index (χ3n) is 4.73. The van der Waals surface area contributed by atoms with E-state index in [2.05, 4.69) is 4.99 Å². The molecular formula is C16H16F3N5O. The van der Waals surface area contributed by atoms with E-state index in [0.717, 1.165) is 12.5 Å². The molecule has 2 saturated heterocycles. The standard InChI is InChI=1S/C16H16F3N5O/c17-16(18,19)11-3-1-2-4-12(11)23-8-13-14(21-9-23)24(15(20)25)10-5-6-22(13)7-10/h1-4,8,10H,5-7,9H2,(H2,20,25). The lowest BCUT2D eigenvalue weighted by atomic mass is 10.1. The van der Waals surface area contributed by atoms with E-state index in [4.69, 9.17) is 5.73 Å². The number of rotatable bonds is 1. The highest BCUT2D eigenvalue weighted by Crippen LogP contribution is 2.38. The number of piperazine rings is 1. The number of aliphatic imine (C=N–C) groups is 1. The summed E-state index contributed by atoms with van der Waals surface area (Å²) < 4.78 is 39.9. The lowest BCUT2D eigenvalue weighted by molar-refractivity contribution is -0.137. The van der Waals surface area contributed by atoms with Crippen LogP contribution >= 0.6 is 0 Å². The van der Waals surface area contributed by atoms with Crippen LogP contribution in [0.5, 0.6) is 0 Å². The first-order valence-electron chi connectivity index (χ1n) is 7.89. The molecule has 0 saturated carbocycles. The van der Waals surface area contributed by atoms with Crippen LogP contribution in [-0.4, -0.2) is 47.5 Å². The molecule has 3 aliphatic heterocycles. The number of nitrogens with two attached hydrogens (primary N) is 1. The Hall–Kier alpha value is -2.71. The number of amides is 2. The topological polar surface area (TPSA) is 65.2 Å². The fraction of sp³-hybridized carbons (Fsp3) is 0.375. The van der Waals surface area contributed by atoms with Crippen molar-refractivity contribution in [3.63, 3.8) is 0 Å². The second-order valence-electron chi connectivity index (χ2n) is 6.22. The summed E-state index contributed by atoms with van der Waals surface area (Å²) in [4.78, 5) is 21.1. The Morgan fingerprint density at radius 3 is 2.76 bits per heavy atom. The minimum atomic E-state index is -4.45. The van der Waals surface area contributed by atoms with Crippen molar-refractivity contribution < 1.29 is 18.0 Å². The van der Waals surface area contributed by atoms with E-state index < -0.39 is 17.8 Å². The molecule has 25 heavy (non-hydrogen) atoms. The van der Waals surface area contributed by atoms with E-state index in [1.165, 1.54) is 21.9 Å². The molecule has 2 N–H and O–H groups in total. The van der Waals surface area contributed by atoms with Crippen LogP contribution in [0.15, 0.2) is 41.2 Å². The highest BCUT2D eigenvalue weighted by molar-refractivity contribution is 6.08. The lowest BCUT2D eigenvalue weighted by Crippen LogP contribution is -2.55. The van der Waals surface area contributed by atoms with Gasteiger partial charge in [-0.05, 0) is 18.6 Å². The number of benzene rings is 1. The summed E-state index contributed by atoms with van der Waals surface area (Å²) in [5, 5.41) is 0. The fourth-order valence-corrected chi connectivity index (χ4v) is 3.63. The number of alkyl halides is 3. The number of urea groups is 1. The minimum Gasteiger partial charge on any atom is -0.365 e. The van der Waals surface area contributed by atoms with Gasteiger partial charge >= 0.3 is 12.2 Å². The molecule has 4 rings (SSSR count). The number of fused-ring (bicyclic) bond motifs is 4. The van der Waals surface area contributed by atoms with Crippen LogP contribution in [-0.2, 0) is 6.18 Å². The molecular weight excluding hydrogens is 335 g/mol. The molecule has 9 heteroatoms. The number of amidine groups is 1. The van der Waals surface area contributed by atoms with Gasteiger partial charge in [0, 0.05) is 19.3 Å². The number of nitrogens with zero attached hydrogens (tertiary/aromatic N) is 4. The Kier molecular flexibility index (Phi) is 3.41. The Bertz CT molecular complexity index is 788. The molecule has 3 heterocycles. The van der Waals surface area contributed by atoms with E-state index in [-0.39, 0.29) is 18.4 Å². The number of hydrogen-bond donors (Lipinski definition) is 1. The van der Waals surface area contributed by atoms with Crippen molar-refractivity contribution in [1.29, 1.82) is 0 Å². The Morgan fingerprint density at radius 1 is 1.28 bits per heavy atom. The Balaban J connectivity index is 1.74. The molecule has 0 aromatic heterocycles. The van der Waals surface area contributed by atoms with Crippen LogP contribution < -0.4 is 10.6 Å². The Labute approximate surface area is 142 Å². The highest BCUT2D eigenvalue weighted by atomic mass is 19.4. The molecule has 1 unspecified atom stereocenters. The minimum absolute atomic E-state index is 0.00370. The first-order chi connectivity index (χ1) is 11.9. The van der Waals surface area contributed by atoms with Crippen molar-refractivity contribution in [3.8, 4) is 0 Å². The van der Waals surface area contributed by atoms with Gasteiger partial charge in [0.25, 0.3) is 0 Å². The second-order valence-corrected chi connectivity index (χ2v) is 6.22. The van der Waals surface area contributed by atoms with E-state index >= 15 is 0 Å². The molecule has 2 amide bonds. The zero-order valence-electron chi connectivity index (χ0n) is 13.2. The summed E-state index contributed by atoms with van der Waals surface area (Å²) in [6.07, 6.45) is -2.06. The number of carbonyl (C=O) groups excluding carboxylic acids is 1. The molecule has 0 radical (unpaired) electrons. The number of halogens is 3. The van der Waals surface area contributed by atoms with Gasteiger partial charge in [-0.3, -0.25) is 4.90 Å². The van der Waals surface area contributed by atoms with Gasteiger partial charge in [0.2, 0.25) is 0 Å². The fourth-order valence-electron chi connectivity index (χ4n) is 3.63. The summed E-state index contributed by atoms with van der Waals surface area (Å²) in [7, 11) is 0. The van der Waals surface area contributed by atoms with Crippen LogP contribution in [0.3, 0.4) is 0 Å². The molecule has 1 aromatic carbocycles. The molecule has 1 atom stereocenters. The lowest BCUT2D eigenvalue weighted by Gasteiger charge is -2.40. The van der Waals surface area contributed by atoms with Crippen LogP contribution in [0.25, 0.3) is 0 Å². The molecule has 2 fully saturated rings. The maximum atomic E-state index is 13.3. The van der Waals surface area contributed by atoms with Gasteiger partial charge in [0.1, 0.15) is 6.67 Å². The molecule has 6 nitrogen and oxygen atoms in total. The van der Waals surface area contributed by atoms with Crippen molar-refractivity contribution in [1.82, 2.24) is 9.80 Å². The zero-order chi connectivity index (χ0) is 17.8. The number of carbonyl (C=O) groups is 1. The van der Waals surface area contributed by atoms with E-state index in [0.29, 0.717) is 24.6 Å². The smallest absolute Gasteiger partial charge is 0.365 e. The summed E-state index contributed by atoms with van der Waals surface area (Å²) in [6.45, 7) is 1.33. The third kappa shape index (κ3) is 2.50. The second kappa shape index (κ2) is 5.40. The maximum Gasteiger partial charge on any atom is 0.418 e. The van der Waals surface area contributed by atoms with E-state index in [1.54, 1.807) is 12.3 Å². The molecule has 132 valence electrons. The summed E-state index contributed by atoms with van der Waals surface area (Å²) >= 11 is 0. The van der Waals surface area contributed by atoms with Crippen molar-refractivity contribution in [2.24, 2.45) is 10.7 Å².